The van der Waals surface area contributed by atoms with Gasteiger partial charge in [0.2, 0.25) is 5.91 Å². The van der Waals surface area contributed by atoms with E-state index in [-0.39, 0.29) is 18.9 Å². The number of ether oxygens (including phenoxy) is 4. The van der Waals surface area contributed by atoms with Crippen molar-refractivity contribution in [2.75, 3.05) is 19.8 Å². The third kappa shape index (κ3) is 28.6. The van der Waals surface area contributed by atoms with Crippen LogP contribution in [0.15, 0.2) is 36.5 Å². The van der Waals surface area contributed by atoms with E-state index < -0.39 is 86.8 Å². The summed E-state index contributed by atoms with van der Waals surface area (Å²) in [4.78, 5) is 13.0. The summed E-state index contributed by atoms with van der Waals surface area (Å²) in [6.45, 7) is 2.71. The number of aliphatic hydroxyl groups is 8. The molecular weight excluding hydrogens is 895 g/mol. The molecular formula is C56H103NO13. The average molecular weight is 998 g/mol. The Labute approximate surface area is 423 Å². The molecule has 0 aromatic carbocycles. The molecule has 12 atom stereocenters. The smallest absolute Gasteiger partial charge is 0.220 e. The molecule has 2 saturated heterocycles. The van der Waals surface area contributed by atoms with Crippen LogP contribution in [0.5, 0.6) is 0 Å². The Hall–Kier alpha value is -1.79. The summed E-state index contributed by atoms with van der Waals surface area (Å²) >= 11 is 0. The molecule has 0 aromatic heterocycles. The molecule has 2 fully saturated rings. The zero-order valence-corrected chi connectivity index (χ0v) is 43.8. The van der Waals surface area contributed by atoms with E-state index in [0.29, 0.717) is 12.8 Å². The topological polar surface area (TPSA) is 228 Å². The number of rotatable bonds is 44. The highest BCUT2D eigenvalue weighted by atomic mass is 16.7. The maximum atomic E-state index is 13.0. The molecule has 2 heterocycles. The Kier molecular flexibility index (Phi) is 39.1. The second-order valence-corrected chi connectivity index (χ2v) is 20.1. The third-order valence-electron chi connectivity index (χ3n) is 13.8. The van der Waals surface area contributed by atoms with Crippen LogP contribution >= 0.6 is 0 Å². The Balaban J connectivity index is 1.69. The molecule has 14 heteroatoms. The van der Waals surface area contributed by atoms with E-state index >= 15 is 0 Å². The van der Waals surface area contributed by atoms with Gasteiger partial charge in [-0.05, 0) is 44.9 Å². The molecule has 2 aliphatic rings. The van der Waals surface area contributed by atoms with Crippen molar-refractivity contribution in [2.24, 2.45) is 0 Å². The number of carbonyl (C=O) groups excluding carboxylic acids is 1. The van der Waals surface area contributed by atoms with Crippen LogP contribution in [0.4, 0.5) is 0 Å². The minimum absolute atomic E-state index is 0.261. The van der Waals surface area contributed by atoms with Gasteiger partial charge in [0.15, 0.2) is 12.6 Å². The first kappa shape index (κ1) is 64.3. The zero-order chi connectivity index (χ0) is 51.0. The lowest BCUT2D eigenvalue weighted by Gasteiger charge is -2.46. The zero-order valence-electron chi connectivity index (χ0n) is 43.8. The molecule has 9 N–H and O–H groups in total. The molecule has 0 aromatic rings. The summed E-state index contributed by atoms with van der Waals surface area (Å²) in [6.07, 6.45) is 33.9. The van der Waals surface area contributed by atoms with Crippen molar-refractivity contribution < 1.29 is 64.6 Å². The number of nitrogens with one attached hydrogen (secondary N) is 1. The molecule has 70 heavy (non-hydrogen) atoms. The van der Waals surface area contributed by atoms with Gasteiger partial charge in [0.1, 0.15) is 48.8 Å². The van der Waals surface area contributed by atoms with Crippen molar-refractivity contribution >= 4 is 5.91 Å². The number of amides is 1. The SMILES string of the molecule is CCCCCCCCCCCCCCCCCCCCC/C=C/CC/C=C/CC/C=C/C(O)C(COC1OC(CO)C(OC2OC(CO)C(O)C(O)C2O)C(O)C1O)NC(=O)CCCCCCCCC. The molecule has 0 spiro atoms. The van der Waals surface area contributed by atoms with E-state index in [0.717, 1.165) is 51.4 Å². The Morgan fingerprint density at radius 3 is 1.40 bits per heavy atom. The van der Waals surface area contributed by atoms with Gasteiger partial charge in [-0.15, -0.1) is 0 Å². The van der Waals surface area contributed by atoms with Crippen LogP contribution < -0.4 is 5.32 Å². The van der Waals surface area contributed by atoms with Crippen LogP contribution in [0.1, 0.15) is 219 Å². The predicted molar refractivity (Wildman–Crippen MR) is 277 cm³/mol. The van der Waals surface area contributed by atoms with Gasteiger partial charge in [0.25, 0.3) is 0 Å². The van der Waals surface area contributed by atoms with Crippen LogP contribution in [0.3, 0.4) is 0 Å². The predicted octanol–water partition coefficient (Wildman–Crippen LogP) is 8.66. The Morgan fingerprint density at radius 1 is 0.500 bits per heavy atom. The Bertz CT molecular complexity index is 1320. The van der Waals surface area contributed by atoms with Crippen LogP contribution in [0, 0.1) is 0 Å². The fraction of sp³-hybridized carbons (Fsp3) is 0.875. The third-order valence-corrected chi connectivity index (χ3v) is 13.8. The van der Waals surface area contributed by atoms with Crippen LogP contribution in [0.25, 0.3) is 0 Å². The first-order valence-electron chi connectivity index (χ1n) is 28.2. The molecule has 12 unspecified atom stereocenters. The highest BCUT2D eigenvalue weighted by Gasteiger charge is 2.51. The maximum absolute atomic E-state index is 13.0. The lowest BCUT2D eigenvalue weighted by Crippen LogP contribution is -2.65. The van der Waals surface area contributed by atoms with Gasteiger partial charge in [-0.2, -0.15) is 0 Å². The lowest BCUT2D eigenvalue weighted by molar-refractivity contribution is -0.359. The van der Waals surface area contributed by atoms with Gasteiger partial charge < -0.3 is 65.1 Å². The largest absolute Gasteiger partial charge is 0.394 e. The van der Waals surface area contributed by atoms with E-state index in [1.54, 1.807) is 6.08 Å². The normalized spacial score (nSPS) is 26.2. The highest BCUT2D eigenvalue weighted by Crippen LogP contribution is 2.30. The van der Waals surface area contributed by atoms with Gasteiger partial charge in [0.05, 0.1) is 32.0 Å². The summed E-state index contributed by atoms with van der Waals surface area (Å²) in [5.74, 6) is -0.261. The van der Waals surface area contributed by atoms with Gasteiger partial charge in [-0.25, -0.2) is 0 Å². The van der Waals surface area contributed by atoms with E-state index in [9.17, 15) is 45.6 Å². The first-order valence-corrected chi connectivity index (χ1v) is 28.2. The molecule has 2 rings (SSSR count). The number of hydrogen-bond acceptors (Lipinski definition) is 13. The molecule has 14 nitrogen and oxygen atoms in total. The van der Waals surface area contributed by atoms with Crippen LogP contribution in [0.2, 0.25) is 0 Å². The minimum atomic E-state index is -1.79. The quantitative estimate of drug-likeness (QED) is 0.0206. The Morgan fingerprint density at radius 2 is 0.914 bits per heavy atom. The van der Waals surface area contributed by atoms with E-state index in [1.807, 2.05) is 6.08 Å². The summed E-state index contributed by atoms with van der Waals surface area (Å²) in [7, 11) is 0. The van der Waals surface area contributed by atoms with Crippen LogP contribution in [-0.2, 0) is 23.7 Å². The number of aliphatic hydroxyl groups excluding tert-OH is 8. The number of hydrogen-bond donors (Lipinski definition) is 9. The van der Waals surface area contributed by atoms with Crippen molar-refractivity contribution in [2.45, 2.75) is 293 Å². The molecule has 0 aliphatic carbocycles. The second kappa shape index (κ2) is 42.6. The van der Waals surface area contributed by atoms with E-state index in [1.165, 1.54) is 135 Å². The average Bonchev–Trinajstić information content (AvgIpc) is 3.36. The lowest BCUT2D eigenvalue weighted by atomic mass is 9.97. The van der Waals surface area contributed by atoms with Gasteiger partial charge in [0, 0.05) is 6.42 Å². The van der Waals surface area contributed by atoms with Crippen molar-refractivity contribution in [3.63, 3.8) is 0 Å². The minimum Gasteiger partial charge on any atom is -0.394 e. The first-order chi connectivity index (χ1) is 34.1. The summed E-state index contributed by atoms with van der Waals surface area (Å²) in [5, 5.41) is 86.6. The van der Waals surface area contributed by atoms with Gasteiger partial charge in [-0.3, -0.25) is 4.79 Å². The standard InChI is InChI=1S/C56H103NO13/c1-3-5-7-9-11-12-13-14-15-16-17-18-19-20-21-22-23-24-25-26-27-28-29-30-31-32-34-35-37-39-45(60)44(57-48(61)40-38-36-33-10-8-6-4-2)43-67-55-53(66)51(64)54(47(42-59)69-55)70-56-52(65)50(63)49(62)46(41-58)68-56/h27-28,31-32,37,39,44-47,49-56,58-60,62-66H,3-26,29-30,33-36,38,40-43H2,1-2H3,(H,57,61)/b28-27+,32-31+,39-37+. The van der Waals surface area contributed by atoms with Crippen LogP contribution in [-0.4, -0.2) is 140 Å². The maximum Gasteiger partial charge on any atom is 0.220 e. The summed E-state index contributed by atoms with van der Waals surface area (Å²) in [5.41, 5.74) is 0. The number of carbonyl (C=O) groups is 1. The van der Waals surface area contributed by atoms with Crippen molar-refractivity contribution in [3.8, 4) is 0 Å². The summed E-state index contributed by atoms with van der Waals surface area (Å²) < 4.78 is 22.6. The molecule has 1 amide bonds. The van der Waals surface area contributed by atoms with E-state index in [4.69, 9.17) is 18.9 Å². The van der Waals surface area contributed by atoms with Gasteiger partial charge in [-0.1, -0.05) is 204 Å². The van der Waals surface area contributed by atoms with Crippen molar-refractivity contribution in [1.29, 1.82) is 0 Å². The fourth-order valence-corrected chi connectivity index (χ4v) is 9.21. The van der Waals surface area contributed by atoms with Gasteiger partial charge >= 0.3 is 0 Å². The molecule has 410 valence electrons. The summed E-state index contributed by atoms with van der Waals surface area (Å²) in [6, 6.07) is -0.932. The molecule has 0 bridgehead atoms. The van der Waals surface area contributed by atoms with Crippen molar-refractivity contribution in [1.82, 2.24) is 5.32 Å². The highest BCUT2D eigenvalue weighted by molar-refractivity contribution is 5.76. The molecule has 0 radical (unpaired) electrons. The van der Waals surface area contributed by atoms with E-state index in [2.05, 4.69) is 43.5 Å². The molecule has 0 saturated carbocycles. The number of unbranched alkanes of at least 4 members (excludes halogenated alkanes) is 27. The monoisotopic (exact) mass is 998 g/mol. The number of allylic oxidation sites excluding steroid dienone is 5. The second-order valence-electron chi connectivity index (χ2n) is 20.1. The molecule has 2 aliphatic heterocycles. The fourth-order valence-electron chi connectivity index (χ4n) is 9.21. The van der Waals surface area contributed by atoms with Crippen molar-refractivity contribution in [3.05, 3.63) is 36.5 Å².